The summed E-state index contributed by atoms with van der Waals surface area (Å²) in [6.07, 6.45) is 0. The average molecular weight is 445 g/mol. The molecule has 4 rings (SSSR count). The van der Waals surface area contributed by atoms with E-state index < -0.39 is 0 Å². The summed E-state index contributed by atoms with van der Waals surface area (Å²) in [6.45, 7) is 6.58. The van der Waals surface area contributed by atoms with Crippen molar-refractivity contribution in [3.63, 3.8) is 0 Å². The molecule has 0 unspecified atom stereocenters. The van der Waals surface area contributed by atoms with Crippen molar-refractivity contribution < 1.29 is 4.79 Å². The van der Waals surface area contributed by atoms with Gasteiger partial charge >= 0.3 is 0 Å². The predicted molar refractivity (Wildman–Crippen MR) is 108 cm³/mol. The van der Waals surface area contributed by atoms with E-state index in [0.717, 1.165) is 15.9 Å². The number of para-hydroxylation sites is 1. The van der Waals surface area contributed by atoms with E-state index in [1.807, 2.05) is 35.2 Å². The highest BCUT2D eigenvalue weighted by atomic mass is 79.9. The lowest BCUT2D eigenvalue weighted by molar-refractivity contribution is 0.0739. The maximum Gasteiger partial charge on any atom is 0.275 e. The Hall–Kier alpha value is -2.75. The van der Waals surface area contributed by atoms with Gasteiger partial charge in [0.2, 0.25) is 5.95 Å². The maximum absolute atomic E-state index is 12.9. The SMILES string of the molecule is CC(C)c1[nH]nc(C(=O)N2CCN(c3nnnn3-c3ccccc3)CC2)c1Br. The van der Waals surface area contributed by atoms with Crippen LogP contribution in [0.25, 0.3) is 5.69 Å². The number of anilines is 1. The van der Waals surface area contributed by atoms with Crippen molar-refractivity contribution in [3.05, 3.63) is 46.2 Å². The first-order valence-electron chi connectivity index (χ1n) is 9.18. The molecule has 0 bridgehead atoms. The van der Waals surface area contributed by atoms with Crippen molar-refractivity contribution in [2.75, 3.05) is 31.1 Å². The van der Waals surface area contributed by atoms with Gasteiger partial charge in [-0.05, 0) is 44.4 Å². The second kappa shape index (κ2) is 7.70. The zero-order chi connectivity index (χ0) is 19.7. The number of hydrogen-bond acceptors (Lipinski definition) is 6. The van der Waals surface area contributed by atoms with Gasteiger partial charge < -0.3 is 9.80 Å². The number of carbonyl (C=O) groups excluding carboxylic acids is 1. The summed E-state index contributed by atoms with van der Waals surface area (Å²) in [7, 11) is 0. The van der Waals surface area contributed by atoms with Crippen LogP contribution in [0.3, 0.4) is 0 Å². The van der Waals surface area contributed by atoms with Crippen molar-refractivity contribution in [1.29, 1.82) is 0 Å². The molecule has 10 heteroatoms. The summed E-state index contributed by atoms with van der Waals surface area (Å²) >= 11 is 3.52. The molecular weight excluding hydrogens is 424 g/mol. The van der Waals surface area contributed by atoms with E-state index in [-0.39, 0.29) is 11.8 Å². The van der Waals surface area contributed by atoms with Crippen molar-refractivity contribution in [1.82, 2.24) is 35.3 Å². The lowest BCUT2D eigenvalue weighted by Crippen LogP contribution is -2.49. The Balaban J connectivity index is 1.46. The topological polar surface area (TPSA) is 95.8 Å². The molecule has 0 spiro atoms. The minimum atomic E-state index is -0.0719. The molecule has 1 N–H and O–H groups in total. The van der Waals surface area contributed by atoms with E-state index in [1.54, 1.807) is 4.68 Å². The summed E-state index contributed by atoms with van der Waals surface area (Å²) in [4.78, 5) is 16.8. The Morgan fingerprint density at radius 3 is 2.50 bits per heavy atom. The van der Waals surface area contributed by atoms with Gasteiger partial charge in [0.15, 0.2) is 5.69 Å². The molecule has 1 aliphatic heterocycles. The second-order valence-electron chi connectivity index (χ2n) is 6.96. The lowest BCUT2D eigenvalue weighted by atomic mass is 10.1. The lowest BCUT2D eigenvalue weighted by Gasteiger charge is -2.34. The Bertz CT molecular complexity index is 959. The molecule has 1 aliphatic rings. The first-order valence-corrected chi connectivity index (χ1v) is 9.97. The van der Waals surface area contributed by atoms with E-state index in [0.29, 0.717) is 37.8 Å². The van der Waals surface area contributed by atoms with Gasteiger partial charge in [-0.1, -0.05) is 37.1 Å². The number of nitrogens with zero attached hydrogens (tertiary/aromatic N) is 7. The number of halogens is 1. The Labute approximate surface area is 170 Å². The second-order valence-corrected chi connectivity index (χ2v) is 7.75. The molecule has 1 fully saturated rings. The van der Waals surface area contributed by atoms with Crippen LogP contribution in [-0.2, 0) is 0 Å². The molecule has 1 aromatic carbocycles. The molecule has 2 aromatic heterocycles. The van der Waals surface area contributed by atoms with Gasteiger partial charge in [-0.3, -0.25) is 9.89 Å². The summed E-state index contributed by atoms with van der Waals surface area (Å²) in [5.74, 6) is 0.871. The zero-order valence-corrected chi connectivity index (χ0v) is 17.3. The average Bonchev–Trinajstić information content (AvgIpc) is 3.35. The zero-order valence-electron chi connectivity index (χ0n) is 15.7. The molecule has 1 saturated heterocycles. The van der Waals surface area contributed by atoms with Gasteiger partial charge in [-0.15, -0.1) is 0 Å². The molecule has 28 heavy (non-hydrogen) atoms. The van der Waals surface area contributed by atoms with Crippen molar-refractivity contribution >= 4 is 27.8 Å². The Kier molecular flexibility index (Phi) is 5.12. The fourth-order valence-corrected chi connectivity index (χ4v) is 4.05. The number of nitrogens with one attached hydrogen (secondary N) is 1. The molecule has 1 amide bonds. The highest BCUT2D eigenvalue weighted by Gasteiger charge is 2.28. The number of carbonyl (C=O) groups is 1. The number of tetrazole rings is 1. The normalized spacial score (nSPS) is 14.7. The number of H-pyrrole nitrogens is 1. The van der Waals surface area contributed by atoms with Crippen LogP contribution < -0.4 is 4.90 Å². The molecule has 0 aliphatic carbocycles. The van der Waals surface area contributed by atoms with Gasteiger partial charge in [-0.2, -0.15) is 9.78 Å². The van der Waals surface area contributed by atoms with Gasteiger partial charge in [0, 0.05) is 26.2 Å². The Morgan fingerprint density at radius 1 is 1.14 bits per heavy atom. The van der Waals surface area contributed by atoms with Crippen LogP contribution in [0.1, 0.15) is 35.9 Å². The number of aromatic nitrogens is 6. The van der Waals surface area contributed by atoms with Crippen LogP contribution in [0.5, 0.6) is 0 Å². The molecule has 9 nitrogen and oxygen atoms in total. The Morgan fingerprint density at radius 2 is 1.86 bits per heavy atom. The number of piperazine rings is 1. The third kappa shape index (κ3) is 3.39. The highest BCUT2D eigenvalue weighted by Crippen LogP contribution is 2.27. The third-order valence-corrected chi connectivity index (χ3v) is 5.62. The summed E-state index contributed by atoms with van der Waals surface area (Å²) in [5, 5.41) is 19.3. The summed E-state index contributed by atoms with van der Waals surface area (Å²) in [6, 6.07) is 9.77. The standard InChI is InChI=1S/C18H21BrN8O/c1-12(2)15-14(19)16(21-20-15)17(28)25-8-10-26(11-9-25)18-22-23-24-27(18)13-6-4-3-5-7-13/h3-7,12H,8-11H2,1-2H3,(H,20,21). The van der Waals surface area contributed by atoms with Crippen LogP contribution in [0, 0.1) is 0 Å². The van der Waals surface area contributed by atoms with E-state index in [1.165, 1.54) is 0 Å². The maximum atomic E-state index is 12.9. The van der Waals surface area contributed by atoms with Gasteiger partial charge in [0.25, 0.3) is 5.91 Å². The van der Waals surface area contributed by atoms with Crippen molar-refractivity contribution in [3.8, 4) is 5.69 Å². The molecule has 3 heterocycles. The molecule has 3 aromatic rings. The number of benzene rings is 1. The first-order chi connectivity index (χ1) is 13.6. The quantitative estimate of drug-likeness (QED) is 0.662. The summed E-state index contributed by atoms with van der Waals surface area (Å²) < 4.78 is 2.47. The summed E-state index contributed by atoms with van der Waals surface area (Å²) in [5.41, 5.74) is 2.28. The molecule has 146 valence electrons. The molecular formula is C18H21BrN8O. The van der Waals surface area contributed by atoms with E-state index in [4.69, 9.17) is 0 Å². The van der Waals surface area contributed by atoms with E-state index in [9.17, 15) is 4.79 Å². The van der Waals surface area contributed by atoms with E-state index >= 15 is 0 Å². The fraction of sp³-hybridized carbons (Fsp3) is 0.389. The minimum Gasteiger partial charge on any atom is -0.336 e. The van der Waals surface area contributed by atoms with Gasteiger partial charge in [-0.25, -0.2) is 0 Å². The largest absolute Gasteiger partial charge is 0.336 e. The van der Waals surface area contributed by atoms with Gasteiger partial charge in [0.1, 0.15) is 0 Å². The van der Waals surface area contributed by atoms with Crippen LogP contribution >= 0.6 is 15.9 Å². The molecule has 0 saturated carbocycles. The predicted octanol–water partition coefficient (Wildman–Crippen LogP) is 2.23. The monoisotopic (exact) mass is 444 g/mol. The molecule has 0 radical (unpaired) electrons. The van der Waals surface area contributed by atoms with Crippen LogP contribution in [0.4, 0.5) is 5.95 Å². The number of rotatable bonds is 4. The van der Waals surface area contributed by atoms with E-state index in [2.05, 4.69) is 60.4 Å². The highest BCUT2D eigenvalue weighted by molar-refractivity contribution is 9.10. The smallest absolute Gasteiger partial charge is 0.275 e. The van der Waals surface area contributed by atoms with Crippen LogP contribution in [-0.4, -0.2) is 67.4 Å². The van der Waals surface area contributed by atoms with Crippen LogP contribution in [0.15, 0.2) is 34.8 Å². The molecule has 0 atom stereocenters. The fourth-order valence-electron chi connectivity index (χ4n) is 3.24. The van der Waals surface area contributed by atoms with Crippen molar-refractivity contribution in [2.24, 2.45) is 0 Å². The minimum absolute atomic E-state index is 0.0719. The van der Waals surface area contributed by atoms with Crippen LogP contribution in [0.2, 0.25) is 0 Å². The van der Waals surface area contributed by atoms with Gasteiger partial charge in [0.05, 0.1) is 15.9 Å². The van der Waals surface area contributed by atoms with Crippen molar-refractivity contribution in [2.45, 2.75) is 19.8 Å². The third-order valence-electron chi connectivity index (χ3n) is 4.82. The number of hydrogen-bond donors (Lipinski definition) is 1. The number of aromatic amines is 1. The first kappa shape index (κ1) is 18.6. The number of amides is 1.